The van der Waals surface area contributed by atoms with E-state index in [0.29, 0.717) is 13.0 Å². The molecule has 0 aliphatic heterocycles. The fourth-order valence-electron chi connectivity index (χ4n) is 1.70. The quantitative estimate of drug-likeness (QED) is 0.842. The largest absolute Gasteiger partial charge is 0.308 e. The molecular weight excluding hydrogens is 206 g/mol. The van der Waals surface area contributed by atoms with Crippen LogP contribution in [-0.4, -0.2) is 16.9 Å². The molecule has 1 aliphatic rings. The first kappa shape index (κ1) is 9.98. The fourth-order valence-corrected chi connectivity index (χ4v) is 2.26. The summed E-state index contributed by atoms with van der Waals surface area (Å²) in [6.45, 7) is 0.601. The van der Waals surface area contributed by atoms with Gasteiger partial charge in [0.25, 0.3) is 0 Å². The lowest BCUT2D eigenvalue weighted by Gasteiger charge is -2.11. The number of nitrogens with zero attached hydrogens (tertiary/aromatic N) is 1. The molecule has 2 nitrogen and oxygen atoms in total. The monoisotopic (exact) mass is 218 g/mol. The minimum atomic E-state index is -2.46. The number of hydrogen-bond donors (Lipinski definition) is 1. The van der Waals surface area contributed by atoms with Gasteiger partial charge in [-0.1, -0.05) is 0 Å². The van der Waals surface area contributed by atoms with Gasteiger partial charge in [-0.2, -0.15) is 0 Å². The highest BCUT2D eigenvalue weighted by Gasteiger charge is 2.38. The van der Waals surface area contributed by atoms with Gasteiger partial charge >= 0.3 is 0 Å². The fraction of sp³-hybridized carbons (Fsp3) is 0.667. The molecule has 2 rings (SSSR count). The van der Waals surface area contributed by atoms with Crippen LogP contribution in [-0.2, 0) is 6.54 Å². The summed E-state index contributed by atoms with van der Waals surface area (Å²) in [4.78, 5) is 4.08. The van der Waals surface area contributed by atoms with E-state index in [1.165, 1.54) is 11.3 Å². The van der Waals surface area contributed by atoms with Gasteiger partial charge in [-0.3, -0.25) is 0 Å². The van der Waals surface area contributed by atoms with Crippen LogP contribution in [0.1, 0.15) is 25.0 Å². The number of nitrogens with one attached hydrogen (secondary N) is 1. The van der Waals surface area contributed by atoms with E-state index in [0.717, 1.165) is 5.69 Å². The van der Waals surface area contributed by atoms with Gasteiger partial charge in [0.2, 0.25) is 5.92 Å². The Bertz CT molecular complexity index is 287. The Morgan fingerprint density at radius 2 is 2.50 bits per heavy atom. The van der Waals surface area contributed by atoms with Crippen molar-refractivity contribution < 1.29 is 8.78 Å². The molecule has 1 heterocycles. The molecule has 0 radical (unpaired) electrons. The lowest BCUT2D eigenvalue weighted by Crippen LogP contribution is -2.27. The van der Waals surface area contributed by atoms with Gasteiger partial charge in [0, 0.05) is 30.8 Å². The molecule has 1 N–H and O–H groups in total. The summed E-state index contributed by atoms with van der Waals surface area (Å²) in [6.07, 6.45) is 0.552. The highest BCUT2D eigenvalue weighted by Crippen LogP contribution is 2.34. The molecule has 1 saturated carbocycles. The molecule has 0 bridgehead atoms. The zero-order valence-corrected chi connectivity index (χ0v) is 8.49. The van der Waals surface area contributed by atoms with Crippen molar-refractivity contribution in [1.82, 2.24) is 10.3 Å². The van der Waals surface area contributed by atoms with Gasteiger partial charge in [-0.05, 0) is 6.42 Å². The molecule has 14 heavy (non-hydrogen) atoms. The zero-order chi connectivity index (χ0) is 10.0. The zero-order valence-electron chi connectivity index (χ0n) is 7.67. The SMILES string of the molecule is FC1(F)CCC(NCc2cscn2)C1. The molecule has 1 aromatic rings. The molecule has 0 spiro atoms. The van der Waals surface area contributed by atoms with E-state index in [-0.39, 0.29) is 18.9 Å². The van der Waals surface area contributed by atoms with E-state index in [4.69, 9.17) is 0 Å². The van der Waals surface area contributed by atoms with Crippen molar-refractivity contribution in [3.05, 3.63) is 16.6 Å². The number of hydrogen-bond acceptors (Lipinski definition) is 3. The van der Waals surface area contributed by atoms with E-state index in [2.05, 4.69) is 10.3 Å². The minimum Gasteiger partial charge on any atom is -0.308 e. The highest BCUT2D eigenvalue weighted by molar-refractivity contribution is 7.07. The van der Waals surface area contributed by atoms with Crippen molar-refractivity contribution in [3.63, 3.8) is 0 Å². The van der Waals surface area contributed by atoms with Crippen LogP contribution in [0.15, 0.2) is 10.9 Å². The van der Waals surface area contributed by atoms with E-state index in [9.17, 15) is 8.78 Å². The van der Waals surface area contributed by atoms with Gasteiger partial charge < -0.3 is 5.32 Å². The standard InChI is InChI=1S/C9H12F2N2S/c10-9(11)2-1-7(3-9)12-4-8-5-14-6-13-8/h5-7,12H,1-4H2. The van der Waals surface area contributed by atoms with Gasteiger partial charge in [0.05, 0.1) is 11.2 Å². The van der Waals surface area contributed by atoms with Crippen molar-refractivity contribution in [2.75, 3.05) is 0 Å². The molecule has 1 aromatic heterocycles. The molecule has 1 atom stereocenters. The number of alkyl halides is 2. The summed E-state index contributed by atoms with van der Waals surface area (Å²) >= 11 is 1.52. The van der Waals surface area contributed by atoms with Crippen LogP contribution >= 0.6 is 11.3 Å². The second-order valence-corrected chi connectivity index (χ2v) is 4.38. The van der Waals surface area contributed by atoms with Crippen LogP contribution in [0.2, 0.25) is 0 Å². The number of halogens is 2. The van der Waals surface area contributed by atoms with Crippen molar-refractivity contribution in [3.8, 4) is 0 Å². The lowest BCUT2D eigenvalue weighted by molar-refractivity contribution is 0.00686. The first-order chi connectivity index (χ1) is 6.66. The van der Waals surface area contributed by atoms with Crippen molar-refractivity contribution in [2.24, 2.45) is 0 Å². The third-order valence-electron chi connectivity index (χ3n) is 2.46. The van der Waals surface area contributed by atoms with Crippen molar-refractivity contribution >= 4 is 11.3 Å². The summed E-state index contributed by atoms with van der Waals surface area (Å²) < 4.78 is 25.6. The van der Waals surface area contributed by atoms with Crippen LogP contribution < -0.4 is 5.32 Å². The number of aromatic nitrogens is 1. The summed E-state index contributed by atoms with van der Waals surface area (Å²) in [5, 5.41) is 5.03. The molecule has 0 saturated heterocycles. The average molecular weight is 218 g/mol. The maximum atomic E-state index is 12.8. The summed E-state index contributed by atoms with van der Waals surface area (Å²) in [7, 11) is 0. The smallest absolute Gasteiger partial charge is 0.249 e. The lowest BCUT2D eigenvalue weighted by atomic mass is 10.2. The molecule has 1 fully saturated rings. The van der Waals surface area contributed by atoms with Gasteiger partial charge in [-0.15, -0.1) is 11.3 Å². The maximum Gasteiger partial charge on any atom is 0.249 e. The van der Waals surface area contributed by atoms with Gasteiger partial charge in [-0.25, -0.2) is 13.8 Å². The van der Waals surface area contributed by atoms with E-state index >= 15 is 0 Å². The van der Waals surface area contributed by atoms with Gasteiger partial charge in [0.1, 0.15) is 0 Å². The second kappa shape index (κ2) is 3.90. The number of rotatable bonds is 3. The van der Waals surface area contributed by atoms with E-state index < -0.39 is 5.92 Å². The Labute approximate surface area is 85.4 Å². The van der Waals surface area contributed by atoms with Crippen LogP contribution in [0.3, 0.4) is 0 Å². The summed E-state index contributed by atoms with van der Waals surface area (Å²) in [5.74, 6) is -2.46. The Morgan fingerprint density at radius 1 is 1.64 bits per heavy atom. The van der Waals surface area contributed by atoms with Crippen LogP contribution in [0.5, 0.6) is 0 Å². The first-order valence-electron chi connectivity index (χ1n) is 4.64. The Morgan fingerprint density at radius 3 is 3.07 bits per heavy atom. The predicted octanol–water partition coefficient (Wildman–Crippen LogP) is 2.42. The molecule has 0 amide bonds. The predicted molar refractivity (Wildman–Crippen MR) is 51.5 cm³/mol. The van der Waals surface area contributed by atoms with Crippen LogP contribution in [0.4, 0.5) is 8.78 Å². The molecule has 5 heteroatoms. The normalized spacial score (nSPS) is 25.4. The number of thiazole rings is 1. The molecule has 1 unspecified atom stereocenters. The topological polar surface area (TPSA) is 24.9 Å². The van der Waals surface area contributed by atoms with Crippen molar-refractivity contribution in [1.29, 1.82) is 0 Å². The second-order valence-electron chi connectivity index (χ2n) is 3.66. The molecule has 78 valence electrons. The molecule has 1 aliphatic carbocycles. The third-order valence-corrected chi connectivity index (χ3v) is 3.09. The molecule has 0 aromatic carbocycles. The third kappa shape index (κ3) is 2.48. The van der Waals surface area contributed by atoms with Crippen LogP contribution in [0.25, 0.3) is 0 Å². The van der Waals surface area contributed by atoms with Crippen molar-refractivity contribution in [2.45, 2.75) is 37.8 Å². The summed E-state index contributed by atoms with van der Waals surface area (Å²) in [6, 6.07) is -0.0494. The Balaban J connectivity index is 1.78. The maximum absolute atomic E-state index is 12.8. The molecular formula is C9H12F2N2S. The Hall–Kier alpha value is -0.550. The highest BCUT2D eigenvalue weighted by atomic mass is 32.1. The van der Waals surface area contributed by atoms with Gasteiger partial charge in [0.15, 0.2) is 0 Å². The van der Waals surface area contributed by atoms with E-state index in [1.54, 1.807) is 5.51 Å². The summed E-state index contributed by atoms with van der Waals surface area (Å²) in [5.41, 5.74) is 2.69. The Kier molecular flexibility index (Phi) is 2.78. The first-order valence-corrected chi connectivity index (χ1v) is 5.58. The van der Waals surface area contributed by atoms with Crippen LogP contribution in [0, 0.1) is 0 Å². The average Bonchev–Trinajstić information content (AvgIpc) is 2.70. The van der Waals surface area contributed by atoms with E-state index in [1.807, 2.05) is 5.38 Å². The minimum absolute atomic E-state index is 0.0156.